The summed E-state index contributed by atoms with van der Waals surface area (Å²) in [5, 5.41) is 2.96. The van der Waals surface area contributed by atoms with Crippen LogP contribution in [0.4, 0.5) is 5.69 Å². The summed E-state index contributed by atoms with van der Waals surface area (Å²) in [6, 6.07) is 11.9. The van der Waals surface area contributed by atoms with Crippen LogP contribution in [0, 0.1) is 13.8 Å². The van der Waals surface area contributed by atoms with Crippen LogP contribution in [0.3, 0.4) is 0 Å². The second-order valence-electron chi connectivity index (χ2n) is 7.93. The topological polar surface area (TPSA) is 55.4 Å². The van der Waals surface area contributed by atoms with Crippen molar-refractivity contribution in [3.05, 3.63) is 64.2 Å². The second kappa shape index (κ2) is 9.54. The molecule has 0 saturated carbocycles. The van der Waals surface area contributed by atoms with E-state index in [2.05, 4.69) is 33.0 Å². The zero-order valence-corrected chi connectivity index (χ0v) is 17.8. The molecule has 0 atom stereocenters. The molecular weight excluding hydrogens is 350 g/mol. The van der Waals surface area contributed by atoms with E-state index in [-0.39, 0.29) is 30.8 Å². The lowest BCUT2D eigenvalue weighted by molar-refractivity contribution is -0.146. The fourth-order valence-electron chi connectivity index (χ4n) is 3.15. The molecule has 2 aromatic rings. The molecule has 2 aromatic carbocycles. The monoisotopic (exact) mass is 381 g/mol. The van der Waals surface area contributed by atoms with E-state index in [9.17, 15) is 9.59 Å². The number of aryl methyl sites for hydroxylation is 2. The maximum Gasteiger partial charge on any atom is 0.310 e. The van der Waals surface area contributed by atoms with Crippen molar-refractivity contribution in [3.8, 4) is 0 Å². The maximum absolute atomic E-state index is 12.4. The third-order valence-electron chi connectivity index (χ3n) is 4.92. The first-order chi connectivity index (χ1) is 13.2. The van der Waals surface area contributed by atoms with Crippen molar-refractivity contribution in [3.63, 3.8) is 0 Å². The number of nitrogens with one attached hydrogen (secondary N) is 1. The highest BCUT2D eigenvalue weighted by Gasteiger charge is 2.17. The molecule has 0 aliphatic rings. The van der Waals surface area contributed by atoms with Gasteiger partial charge in [0.15, 0.2) is 6.61 Å². The number of hydrogen-bond acceptors (Lipinski definition) is 3. The highest BCUT2D eigenvalue weighted by atomic mass is 16.5. The fourth-order valence-corrected chi connectivity index (χ4v) is 3.15. The average molecular weight is 382 g/mol. The Labute approximate surface area is 168 Å². The van der Waals surface area contributed by atoms with E-state index in [1.54, 1.807) is 0 Å². The van der Waals surface area contributed by atoms with Crippen molar-refractivity contribution in [1.82, 2.24) is 0 Å². The predicted octanol–water partition coefficient (Wildman–Crippen LogP) is 5.27. The van der Waals surface area contributed by atoms with Crippen LogP contribution >= 0.6 is 0 Å². The van der Waals surface area contributed by atoms with Crippen molar-refractivity contribution in [2.24, 2.45) is 0 Å². The molecule has 0 saturated heterocycles. The Balaban J connectivity index is 2.00. The van der Waals surface area contributed by atoms with Crippen molar-refractivity contribution in [1.29, 1.82) is 0 Å². The Morgan fingerprint density at radius 1 is 0.929 bits per heavy atom. The van der Waals surface area contributed by atoms with Crippen molar-refractivity contribution in [2.75, 3.05) is 11.9 Å². The van der Waals surface area contributed by atoms with Crippen LogP contribution in [0.1, 0.15) is 67.3 Å². The van der Waals surface area contributed by atoms with E-state index in [1.807, 2.05) is 50.2 Å². The molecular formula is C24H31NO3. The van der Waals surface area contributed by atoms with Gasteiger partial charge in [0.2, 0.25) is 0 Å². The number of carbonyl (C=O) groups is 2. The zero-order chi connectivity index (χ0) is 20.8. The number of rotatable bonds is 7. The van der Waals surface area contributed by atoms with E-state index in [0.717, 1.165) is 27.9 Å². The lowest BCUT2D eigenvalue weighted by Gasteiger charge is -2.20. The summed E-state index contributed by atoms with van der Waals surface area (Å²) < 4.78 is 5.20. The van der Waals surface area contributed by atoms with Gasteiger partial charge in [0.05, 0.1) is 6.42 Å². The van der Waals surface area contributed by atoms with Gasteiger partial charge < -0.3 is 10.1 Å². The number of hydrogen-bond donors (Lipinski definition) is 1. The van der Waals surface area contributed by atoms with E-state index in [4.69, 9.17) is 4.74 Å². The molecule has 0 unspecified atom stereocenters. The van der Waals surface area contributed by atoms with Gasteiger partial charge in [-0.25, -0.2) is 0 Å². The first-order valence-corrected chi connectivity index (χ1v) is 9.83. The molecule has 0 aliphatic carbocycles. The second-order valence-corrected chi connectivity index (χ2v) is 7.93. The minimum absolute atomic E-state index is 0.161. The van der Waals surface area contributed by atoms with E-state index < -0.39 is 5.97 Å². The summed E-state index contributed by atoms with van der Waals surface area (Å²) in [5.74, 6) is -0.161. The number of benzene rings is 2. The molecule has 0 spiro atoms. The molecule has 28 heavy (non-hydrogen) atoms. The zero-order valence-electron chi connectivity index (χ0n) is 17.8. The SMILES string of the molecule is Cc1ccc(CC(=O)OCC(=O)Nc2c(C(C)C)cccc2C(C)C)cc1C. The Morgan fingerprint density at radius 3 is 2.07 bits per heavy atom. The number of ether oxygens (including phenoxy) is 1. The average Bonchev–Trinajstić information content (AvgIpc) is 2.63. The van der Waals surface area contributed by atoms with Gasteiger partial charge in [-0.2, -0.15) is 0 Å². The third kappa shape index (κ3) is 5.69. The Morgan fingerprint density at radius 2 is 1.54 bits per heavy atom. The van der Waals surface area contributed by atoms with Gasteiger partial charge in [0.25, 0.3) is 5.91 Å². The lowest BCUT2D eigenvalue weighted by atomic mass is 9.92. The highest BCUT2D eigenvalue weighted by molar-refractivity contribution is 5.94. The summed E-state index contributed by atoms with van der Waals surface area (Å²) in [6.45, 7) is 12.1. The van der Waals surface area contributed by atoms with E-state index in [0.29, 0.717) is 0 Å². The number of amides is 1. The third-order valence-corrected chi connectivity index (χ3v) is 4.92. The molecule has 1 amide bonds. The van der Waals surface area contributed by atoms with E-state index >= 15 is 0 Å². The number of carbonyl (C=O) groups excluding carboxylic acids is 2. The molecule has 0 bridgehead atoms. The normalized spacial score (nSPS) is 11.0. The summed E-state index contributed by atoms with van der Waals surface area (Å²) in [5.41, 5.74) is 6.21. The molecule has 150 valence electrons. The van der Waals surface area contributed by atoms with Gasteiger partial charge in [-0.15, -0.1) is 0 Å². The van der Waals surface area contributed by atoms with Gasteiger partial charge >= 0.3 is 5.97 Å². The smallest absolute Gasteiger partial charge is 0.310 e. The molecule has 0 heterocycles. The van der Waals surface area contributed by atoms with Gasteiger partial charge in [0.1, 0.15) is 0 Å². The van der Waals surface area contributed by atoms with Crippen LogP contribution in [0.2, 0.25) is 0 Å². The van der Waals surface area contributed by atoms with Crippen molar-refractivity contribution < 1.29 is 14.3 Å². The fraction of sp³-hybridized carbons (Fsp3) is 0.417. The first-order valence-electron chi connectivity index (χ1n) is 9.83. The van der Waals surface area contributed by atoms with Crippen LogP contribution in [-0.4, -0.2) is 18.5 Å². The number of para-hydroxylation sites is 1. The quantitative estimate of drug-likeness (QED) is 0.664. The standard InChI is InChI=1S/C24H31NO3/c1-15(2)20-8-7-9-21(16(3)4)24(20)25-22(26)14-28-23(27)13-19-11-10-17(5)18(6)12-19/h7-12,15-16H,13-14H2,1-6H3,(H,25,26). The van der Waals surface area contributed by atoms with Crippen molar-refractivity contribution in [2.45, 2.75) is 59.8 Å². The van der Waals surface area contributed by atoms with Gasteiger partial charge in [-0.05, 0) is 53.5 Å². The van der Waals surface area contributed by atoms with E-state index in [1.165, 1.54) is 5.56 Å². The van der Waals surface area contributed by atoms with Gasteiger partial charge in [0, 0.05) is 5.69 Å². The molecule has 4 nitrogen and oxygen atoms in total. The molecule has 0 aromatic heterocycles. The minimum Gasteiger partial charge on any atom is -0.455 e. The molecule has 0 radical (unpaired) electrons. The van der Waals surface area contributed by atoms with Crippen LogP contribution < -0.4 is 5.32 Å². The minimum atomic E-state index is -0.403. The van der Waals surface area contributed by atoms with Gasteiger partial charge in [-0.1, -0.05) is 64.1 Å². The Bertz CT molecular complexity index is 827. The maximum atomic E-state index is 12.4. The number of anilines is 1. The highest BCUT2D eigenvalue weighted by Crippen LogP contribution is 2.32. The summed E-state index contributed by atoms with van der Waals surface area (Å²) in [7, 11) is 0. The largest absolute Gasteiger partial charge is 0.455 e. The van der Waals surface area contributed by atoms with Crippen LogP contribution in [0.5, 0.6) is 0 Å². The number of esters is 1. The lowest BCUT2D eigenvalue weighted by Crippen LogP contribution is -2.23. The molecule has 0 aliphatic heterocycles. The van der Waals surface area contributed by atoms with Crippen LogP contribution in [0.15, 0.2) is 36.4 Å². The molecule has 0 fully saturated rings. The molecule has 2 rings (SSSR count). The molecule has 4 heteroatoms. The predicted molar refractivity (Wildman–Crippen MR) is 114 cm³/mol. The van der Waals surface area contributed by atoms with Gasteiger partial charge in [-0.3, -0.25) is 9.59 Å². The Hall–Kier alpha value is -2.62. The van der Waals surface area contributed by atoms with Crippen LogP contribution in [-0.2, 0) is 20.7 Å². The first kappa shape index (κ1) is 21.7. The van der Waals surface area contributed by atoms with Crippen LogP contribution in [0.25, 0.3) is 0 Å². The van der Waals surface area contributed by atoms with Crippen molar-refractivity contribution >= 4 is 17.6 Å². The molecule has 1 N–H and O–H groups in total. The summed E-state index contributed by atoms with van der Waals surface area (Å²) >= 11 is 0. The Kier molecular flexibility index (Phi) is 7.38. The summed E-state index contributed by atoms with van der Waals surface area (Å²) in [4.78, 5) is 24.5. The summed E-state index contributed by atoms with van der Waals surface area (Å²) in [6.07, 6.45) is 0.161.